The molecule has 5 N–H and O–H groups in total. The summed E-state index contributed by atoms with van der Waals surface area (Å²) < 4.78 is 32.5. The first-order valence-corrected chi connectivity index (χ1v) is 21.3. The molecular formula is C40H70NO11P. The Morgan fingerprint density at radius 2 is 1.25 bits per heavy atom. The SMILES string of the molecule is CCCCC/C=C\C=C/[C@H](O)C/C=C\C/C=C/CCCC(=O)O[C@H](COC(=O)CCCCCCCCCCCCC)COP(=O)(O)OC[C@H](N)C(=O)O. The van der Waals surface area contributed by atoms with Crippen LogP contribution in [0.15, 0.2) is 48.6 Å². The maximum atomic E-state index is 12.6. The molecule has 0 aromatic rings. The number of phosphoric acid groups is 1. The van der Waals surface area contributed by atoms with E-state index in [2.05, 4.69) is 24.4 Å². The van der Waals surface area contributed by atoms with Gasteiger partial charge in [-0.3, -0.25) is 23.4 Å². The zero-order valence-electron chi connectivity index (χ0n) is 32.5. The molecule has 0 heterocycles. The third kappa shape index (κ3) is 34.9. The number of allylic oxidation sites excluding steroid dienone is 6. The molecule has 0 aliphatic carbocycles. The number of rotatable bonds is 36. The van der Waals surface area contributed by atoms with Gasteiger partial charge >= 0.3 is 25.7 Å². The van der Waals surface area contributed by atoms with Crippen LogP contribution in [0, 0.1) is 0 Å². The zero-order valence-corrected chi connectivity index (χ0v) is 33.3. The first-order chi connectivity index (χ1) is 25.5. The summed E-state index contributed by atoms with van der Waals surface area (Å²) in [4.78, 5) is 45.7. The molecule has 0 aromatic heterocycles. The summed E-state index contributed by atoms with van der Waals surface area (Å²) in [5.74, 6) is -2.51. The Bertz CT molecular complexity index is 1110. The van der Waals surface area contributed by atoms with Crippen molar-refractivity contribution in [3.8, 4) is 0 Å². The van der Waals surface area contributed by atoms with Crippen molar-refractivity contribution >= 4 is 25.7 Å². The lowest BCUT2D eigenvalue weighted by Crippen LogP contribution is -2.34. The number of hydrogen-bond acceptors (Lipinski definition) is 10. The van der Waals surface area contributed by atoms with Crippen molar-refractivity contribution in [3.05, 3.63) is 48.6 Å². The molecule has 0 spiro atoms. The summed E-state index contributed by atoms with van der Waals surface area (Å²) in [5.41, 5.74) is 5.31. The Balaban J connectivity index is 4.59. The molecule has 306 valence electrons. The Hall–Kier alpha value is -2.60. The van der Waals surface area contributed by atoms with Gasteiger partial charge in [-0.2, -0.15) is 0 Å². The average Bonchev–Trinajstić information content (AvgIpc) is 3.12. The topological polar surface area (TPSA) is 192 Å². The summed E-state index contributed by atoms with van der Waals surface area (Å²) in [6.45, 7) is 2.60. The van der Waals surface area contributed by atoms with Crippen molar-refractivity contribution < 1.29 is 52.6 Å². The van der Waals surface area contributed by atoms with Crippen LogP contribution in [0.3, 0.4) is 0 Å². The minimum absolute atomic E-state index is 0.0513. The van der Waals surface area contributed by atoms with Gasteiger partial charge in [0.2, 0.25) is 0 Å². The number of aliphatic hydroxyl groups is 1. The Kier molecular flexibility index (Phi) is 33.4. The lowest BCUT2D eigenvalue weighted by Gasteiger charge is -2.20. The summed E-state index contributed by atoms with van der Waals surface area (Å²) in [6.07, 6.45) is 33.6. The highest BCUT2D eigenvalue weighted by Gasteiger charge is 2.28. The molecule has 4 atom stereocenters. The summed E-state index contributed by atoms with van der Waals surface area (Å²) >= 11 is 0. The largest absolute Gasteiger partial charge is 0.480 e. The highest BCUT2D eigenvalue weighted by Crippen LogP contribution is 2.43. The number of carboxylic acid groups (broad SMARTS) is 1. The van der Waals surface area contributed by atoms with Gasteiger partial charge in [-0.1, -0.05) is 140 Å². The second-order valence-corrected chi connectivity index (χ2v) is 14.7. The van der Waals surface area contributed by atoms with E-state index in [1.54, 1.807) is 6.08 Å². The molecule has 0 saturated heterocycles. The van der Waals surface area contributed by atoms with E-state index in [0.29, 0.717) is 32.1 Å². The maximum absolute atomic E-state index is 12.6. The molecule has 0 aromatic carbocycles. The van der Waals surface area contributed by atoms with Crippen LogP contribution < -0.4 is 5.73 Å². The molecule has 13 heteroatoms. The zero-order chi connectivity index (χ0) is 39.4. The van der Waals surface area contributed by atoms with Crippen LogP contribution in [0.2, 0.25) is 0 Å². The van der Waals surface area contributed by atoms with Crippen molar-refractivity contribution in [3.63, 3.8) is 0 Å². The van der Waals surface area contributed by atoms with Crippen molar-refractivity contribution in [2.75, 3.05) is 19.8 Å². The third-order valence-electron chi connectivity index (χ3n) is 8.16. The molecule has 0 amide bonds. The number of phosphoric ester groups is 1. The molecule has 1 unspecified atom stereocenters. The smallest absolute Gasteiger partial charge is 0.472 e. The first kappa shape index (κ1) is 50.4. The van der Waals surface area contributed by atoms with E-state index in [1.807, 2.05) is 36.5 Å². The fraction of sp³-hybridized carbons (Fsp3) is 0.725. The van der Waals surface area contributed by atoms with Gasteiger partial charge in [0, 0.05) is 12.8 Å². The van der Waals surface area contributed by atoms with Crippen molar-refractivity contribution in [1.29, 1.82) is 0 Å². The Morgan fingerprint density at radius 1 is 0.679 bits per heavy atom. The van der Waals surface area contributed by atoms with Gasteiger partial charge < -0.3 is 30.3 Å². The summed E-state index contributed by atoms with van der Waals surface area (Å²) in [7, 11) is -4.74. The quantitative estimate of drug-likeness (QED) is 0.0156. The molecule has 53 heavy (non-hydrogen) atoms. The van der Waals surface area contributed by atoms with Gasteiger partial charge in [0.05, 0.1) is 19.3 Å². The first-order valence-electron chi connectivity index (χ1n) is 19.8. The number of carbonyl (C=O) groups is 3. The van der Waals surface area contributed by atoms with Gasteiger partial charge in [0.1, 0.15) is 12.6 Å². The molecule has 0 aliphatic rings. The fourth-order valence-electron chi connectivity index (χ4n) is 4.96. The second kappa shape index (κ2) is 35.1. The predicted molar refractivity (Wildman–Crippen MR) is 209 cm³/mol. The summed E-state index contributed by atoms with van der Waals surface area (Å²) in [6, 6.07) is -1.54. The van der Waals surface area contributed by atoms with Crippen LogP contribution in [0.4, 0.5) is 0 Å². The predicted octanol–water partition coefficient (Wildman–Crippen LogP) is 8.80. The van der Waals surface area contributed by atoms with E-state index in [4.69, 9.17) is 24.8 Å². The number of carboxylic acids is 1. The molecule has 0 bridgehead atoms. The third-order valence-corrected chi connectivity index (χ3v) is 9.11. The number of hydrogen-bond donors (Lipinski definition) is 4. The van der Waals surface area contributed by atoms with Gasteiger partial charge in [-0.25, -0.2) is 4.57 Å². The standard InChI is InChI=1S/C40H70NO11P/c1-3-5-7-9-11-12-13-14-18-22-26-30-38(43)49-32-36(33-50-53(47,48)51-34-37(41)40(45)46)52-39(44)31-27-23-19-15-17-21-25-29-35(42)28-24-20-16-10-8-6-4-2/h15-16,19-21,24-25,28,35-37,42H,3-14,17-18,22-23,26-27,29-34,41H2,1-2H3,(H,45,46)(H,47,48)/b19-15+,20-16-,25-21-,28-24-/t35-,36+,37-/m0/s1. The van der Waals surface area contributed by atoms with Crippen LogP contribution in [0.5, 0.6) is 0 Å². The second-order valence-electron chi connectivity index (χ2n) is 13.3. The van der Waals surface area contributed by atoms with Crippen LogP contribution in [-0.2, 0) is 37.5 Å². The van der Waals surface area contributed by atoms with E-state index in [9.17, 15) is 28.9 Å². The minimum Gasteiger partial charge on any atom is -0.480 e. The number of carbonyl (C=O) groups excluding carboxylic acids is 2. The maximum Gasteiger partial charge on any atom is 0.472 e. The van der Waals surface area contributed by atoms with E-state index in [1.165, 1.54) is 64.2 Å². The molecule has 0 aliphatic heterocycles. The van der Waals surface area contributed by atoms with E-state index < -0.39 is 57.2 Å². The number of aliphatic hydroxyl groups excluding tert-OH is 1. The molecule has 0 saturated carbocycles. The lowest BCUT2D eigenvalue weighted by atomic mass is 10.1. The number of ether oxygens (including phenoxy) is 2. The van der Waals surface area contributed by atoms with Crippen LogP contribution in [-0.4, -0.2) is 71.1 Å². The highest BCUT2D eigenvalue weighted by molar-refractivity contribution is 7.47. The average molecular weight is 772 g/mol. The van der Waals surface area contributed by atoms with E-state index >= 15 is 0 Å². The Labute approximate surface area is 318 Å². The monoisotopic (exact) mass is 771 g/mol. The molecule has 0 rings (SSSR count). The summed E-state index contributed by atoms with van der Waals surface area (Å²) in [5, 5.41) is 18.9. The van der Waals surface area contributed by atoms with E-state index in [-0.39, 0.29) is 19.4 Å². The van der Waals surface area contributed by atoms with Crippen LogP contribution in [0.25, 0.3) is 0 Å². The number of esters is 2. The van der Waals surface area contributed by atoms with Crippen molar-refractivity contribution in [1.82, 2.24) is 0 Å². The van der Waals surface area contributed by atoms with Gasteiger partial charge in [-0.05, 0) is 44.9 Å². The number of nitrogens with two attached hydrogens (primary N) is 1. The van der Waals surface area contributed by atoms with Gasteiger partial charge in [0.25, 0.3) is 0 Å². The number of unbranched alkanes of at least 4 members (excludes halogenated alkanes) is 14. The fourth-order valence-corrected chi connectivity index (χ4v) is 5.74. The minimum atomic E-state index is -4.74. The highest BCUT2D eigenvalue weighted by atomic mass is 31.2. The molecule has 0 radical (unpaired) electrons. The number of aliphatic carboxylic acids is 1. The molecular weight excluding hydrogens is 701 g/mol. The Morgan fingerprint density at radius 3 is 1.91 bits per heavy atom. The van der Waals surface area contributed by atoms with Crippen LogP contribution in [0.1, 0.15) is 149 Å². The van der Waals surface area contributed by atoms with Crippen molar-refractivity contribution in [2.45, 2.75) is 167 Å². The normalized spacial score (nSPS) is 15.0. The lowest BCUT2D eigenvalue weighted by molar-refractivity contribution is -0.161. The van der Waals surface area contributed by atoms with Crippen LogP contribution >= 0.6 is 7.82 Å². The van der Waals surface area contributed by atoms with E-state index in [0.717, 1.165) is 25.7 Å². The van der Waals surface area contributed by atoms with Crippen molar-refractivity contribution in [2.24, 2.45) is 5.73 Å². The van der Waals surface area contributed by atoms with Gasteiger partial charge in [-0.15, -0.1) is 0 Å². The van der Waals surface area contributed by atoms with Gasteiger partial charge in [0.15, 0.2) is 6.10 Å². The molecule has 0 fully saturated rings. The molecule has 12 nitrogen and oxygen atoms in total.